The van der Waals surface area contributed by atoms with Gasteiger partial charge in [-0.25, -0.2) is 4.79 Å². The third kappa shape index (κ3) is 4.08. The molecular formula is C16H22N4O2. The molecule has 0 aliphatic carbocycles. The summed E-state index contributed by atoms with van der Waals surface area (Å²) in [7, 11) is 0. The van der Waals surface area contributed by atoms with Crippen molar-refractivity contribution >= 4 is 28.3 Å². The molecule has 6 nitrogen and oxygen atoms in total. The summed E-state index contributed by atoms with van der Waals surface area (Å²) >= 11 is 0. The first-order valence-corrected chi connectivity index (χ1v) is 7.16. The van der Waals surface area contributed by atoms with E-state index in [0.29, 0.717) is 11.4 Å². The molecule has 6 heteroatoms. The van der Waals surface area contributed by atoms with E-state index in [1.807, 2.05) is 45.2 Å². The molecule has 1 heterocycles. The van der Waals surface area contributed by atoms with Gasteiger partial charge in [0.1, 0.15) is 6.23 Å². The second-order valence-electron chi connectivity index (χ2n) is 6.33. The highest BCUT2D eigenvalue weighted by atomic mass is 16.3. The van der Waals surface area contributed by atoms with Crippen molar-refractivity contribution < 1.29 is 9.90 Å². The number of aliphatic hydroxyl groups excluding tert-OH is 1. The number of aromatic amines is 1. The number of carbonyl (C=O) groups excluding carboxylic acids is 1. The SMILES string of the molecule is CC(C)(C)C(=N)CC(O)NC(=O)Nc1ccc2cc[nH]c2c1. The number of hydrogen-bond acceptors (Lipinski definition) is 3. The van der Waals surface area contributed by atoms with E-state index in [4.69, 9.17) is 5.41 Å². The smallest absolute Gasteiger partial charge is 0.321 e. The van der Waals surface area contributed by atoms with E-state index < -0.39 is 12.3 Å². The largest absolute Gasteiger partial charge is 0.373 e. The minimum atomic E-state index is -1.08. The van der Waals surface area contributed by atoms with Crippen LogP contribution in [-0.2, 0) is 0 Å². The number of rotatable bonds is 4. The molecule has 2 amide bonds. The fraction of sp³-hybridized carbons (Fsp3) is 0.375. The van der Waals surface area contributed by atoms with Crippen LogP contribution in [0, 0.1) is 10.8 Å². The maximum absolute atomic E-state index is 11.9. The van der Waals surface area contributed by atoms with Crippen molar-refractivity contribution in [3.63, 3.8) is 0 Å². The predicted molar refractivity (Wildman–Crippen MR) is 88.3 cm³/mol. The van der Waals surface area contributed by atoms with E-state index in [2.05, 4.69) is 15.6 Å². The van der Waals surface area contributed by atoms with Crippen LogP contribution in [0.15, 0.2) is 30.5 Å². The molecule has 0 bridgehead atoms. The number of hydrogen-bond donors (Lipinski definition) is 5. The van der Waals surface area contributed by atoms with Gasteiger partial charge in [0.25, 0.3) is 0 Å². The molecule has 0 fully saturated rings. The fourth-order valence-corrected chi connectivity index (χ4v) is 1.99. The van der Waals surface area contributed by atoms with Crippen LogP contribution >= 0.6 is 0 Å². The van der Waals surface area contributed by atoms with Gasteiger partial charge in [0, 0.05) is 29.5 Å². The van der Waals surface area contributed by atoms with Gasteiger partial charge in [0.15, 0.2) is 0 Å². The molecule has 0 aliphatic heterocycles. The van der Waals surface area contributed by atoms with Crippen LogP contribution in [0.1, 0.15) is 27.2 Å². The molecule has 2 rings (SSSR count). The average molecular weight is 302 g/mol. The molecule has 0 aliphatic rings. The number of nitrogens with one attached hydrogen (secondary N) is 4. The van der Waals surface area contributed by atoms with E-state index in [1.165, 1.54) is 0 Å². The standard InChI is InChI=1S/C16H22N4O2/c1-16(2,3)13(17)9-14(21)20-15(22)19-11-5-4-10-6-7-18-12(10)8-11/h4-8,14,17-18,21H,9H2,1-3H3,(H2,19,20,22). The van der Waals surface area contributed by atoms with Gasteiger partial charge in [0.2, 0.25) is 0 Å². The van der Waals surface area contributed by atoms with Crippen LogP contribution in [0.2, 0.25) is 0 Å². The molecule has 5 N–H and O–H groups in total. The second-order valence-corrected chi connectivity index (χ2v) is 6.33. The first-order chi connectivity index (χ1) is 10.3. The Morgan fingerprint density at radius 3 is 2.77 bits per heavy atom. The number of aliphatic hydroxyl groups is 1. The Labute approximate surface area is 129 Å². The van der Waals surface area contributed by atoms with Crippen molar-refractivity contribution in [2.75, 3.05) is 5.32 Å². The maximum atomic E-state index is 11.9. The normalized spacial score (nSPS) is 12.9. The highest BCUT2D eigenvalue weighted by Crippen LogP contribution is 2.19. The van der Waals surface area contributed by atoms with Gasteiger partial charge in [-0.3, -0.25) is 0 Å². The van der Waals surface area contributed by atoms with Gasteiger partial charge in [-0.1, -0.05) is 26.8 Å². The number of amides is 2. The minimum absolute atomic E-state index is 0.104. The molecule has 22 heavy (non-hydrogen) atoms. The quantitative estimate of drug-likeness (QED) is 0.443. The summed E-state index contributed by atoms with van der Waals surface area (Å²) in [6, 6.07) is 6.95. The molecular weight excluding hydrogens is 280 g/mol. The van der Waals surface area contributed by atoms with E-state index in [-0.39, 0.29) is 11.8 Å². The molecule has 0 saturated carbocycles. The lowest BCUT2D eigenvalue weighted by Gasteiger charge is -2.22. The Morgan fingerprint density at radius 1 is 1.36 bits per heavy atom. The predicted octanol–water partition coefficient (Wildman–Crippen LogP) is 3.06. The van der Waals surface area contributed by atoms with Crippen molar-refractivity contribution in [1.29, 1.82) is 5.41 Å². The lowest BCUT2D eigenvalue weighted by Crippen LogP contribution is -2.40. The van der Waals surface area contributed by atoms with E-state index in [1.54, 1.807) is 6.07 Å². The number of benzene rings is 1. The molecule has 118 valence electrons. The van der Waals surface area contributed by atoms with Crippen molar-refractivity contribution in [3.8, 4) is 0 Å². The van der Waals surface area contributed by atoms with E-state index >= 15 is 0 Å². The van der Waals surface area contributed by atoms with E-state index in [9.17, 15) is 9.90 Å². The summed E-state index contributed by atoms with van der Waals surface area (Å²) in [4.78, 5) is 14.9. The summed E-state index contributed by atoms with van der Waals surface area (Å²) in [5.74, 6) is 0. The zero-order valence-corrected chi connectivity index (χ0v) is 13.0. The third-order valence-corrected chi connectivity index (χ3v) is 3.41. The van der Waals surface area contributed by atoms with Gasteiger partial charge in [-0.2, -0.15) is 0 Å². The first kappa shape index (κ1) is 16.0. The number of H-pyrrole nitrogens is 1. The first-order valence-electron chi connectivity index (χ1n) is 7.16. The fourth-order valence-electron chi connectivity index (χ4n) is 1.99. The Morgan fingerprint density at radius 2 is 2.09 bits per heavy atom. The number of carbonyl (C=O) groups is 1. The van der Waals surface area contributed by atoms with Crippen LogP contribution in [0.4, 0.5) is 10.5 Å². The van der Waals surface area contributed by atoms with Crippen molar-refractivity contribution in [2.45, 2.75) is 33.4 Å². The summed E-state index contributed by atoms with van der Waals surface area (Å²) in [5.41, 5.74) is 1.61. The number of anilines is 1. The summed E-state index contributed by atoms with van der Waals surface area (Å²) < 4.78 is 0. The number of urea groups is 1. The monoisotopic (exact) mass is 302 g/mol. The zero-order valence-electron chi connectivity index (χ0n) is 13.0. The Bertz CT molecular complexity index is 685. The minimum Gasteiger partial charge on any atom is -0.373 e. The second kappa shape index (κ2) is 6.19. The Balaban J connectivity index is 1.90. The summed E-state index contributed by atoms with van der Waals surface area (Å²) in [6.07, 6.45) is 0.851. The number of aromatic nitrogens is 1. The highest BCUT2D eigenvalue weighted by Gasteiger charge is 2.21. The number of fused-ring (bicyclic) bond motifs is 1. The van der Waals surface area contributed by atoms with Crippen LogP contribution in [0.25, 0.3) is 10.9 Å². The molecule has 1 unspecified atom stereocenters. The van der Waals surface area contributed by atoms with Gasteiger partial charge in [-0.05, 0) is 29.0 Å². The van der Waals surface area contributed by atoms with Crippen LogP contribution in [0.3, 0.4) is 0 Å². The summed E-state index contributed by atoms with van der Waals surface area (Å²) in [5, 5.41) is 23.9. The van der Waals surface area contributed by atoms with Crippen molar-refractivity contribution in [3.05, 3.63) is 30.5 Å². The molecule has 0 radical (unpaired) electrons. The lowest BCUT2D eigenvalue weighted by molar-refractivity contribution is 0.149. The van der Waals surface area contributed by atoms with E-state index in [0.717, 1.165) is 10.9 Å². The topological polar surface area (TPSA) is 101 Å². The van der Waals surface area contributed by atoms with Gasteiger partial charge >= 0.3 is 6.03 Å². The summed E-state index contributed by atoms with van der Waals surface area (Å²) in [6.45, 7) is 5.69. The van der Waals surface area contributed by atoms with Crippen LogP contribution < -0.4 is 10.6 Å². The van der Waals surface area contributed by atoms with Crippen molar-refractivity contribution in [2.24, 2.45) is 5.41 Å². The average Bonchev–Trinajstić information content (AvgIpc) is 2.84. The maximum Gasteiger partial charge on any atom is 0.321 e. The van der Waals surface area contributed by atoms with Gasteiger partial charge in [-0.15, -0.1) is 0 Å². The van der Waals surface area contributed by atoms with Gasteiger partial charge in [0.05, 0.1) is 0 Å². The molecule has 0 spiro atoms. The Hall–Kier alpha value is -2.34. The highest BCUT2D eigenvalue weighted by molar-refractivity contribution is 5.93. The zero-order chi connectivity index (χ0) is 16.3. The van der Waals surface area contributed by atoms with Crippen LogP contribution in [0.5, 0.6) is 0 Å². The molecule has 0 saturated heterocycles. The molecule has 1 aromatic heterocycles. The van der Waals surface area contributed by atoms with Crippen molar-refractivity contribution in [1.82, 2.24) is 10.3 Å². The van der Waals surface area contributed by atoms with Crippen LogP contribution in [-0.4, -0.2) is 28.1 Å². The Kier molecular flexibility index (Phi) is 4.51. The molecule has 2 aromatic rings. The molecule has 1 aromatic carbocycles. The van der Waals surface area contributed by atoms with Gasteiger partial charge < -0.3 is 26.1 Å². The third-order valence-electron chi connectivity index (χ3n) is 3.41. The lowest BCUT2D eigenvalue weighted by atomic mass is 9.88. The molecule has 1 atom stereocenters.